The van der Waals surface area contributed by atoms with Crippen molar-refractivity contribution in [1.29, 1.82) is 0 Å². The lowest BCUT2D eigenvalue weighted by Gasteiger charge is -2.18. The zero-order valence-corrected chi connectivity index (χ0v) is 12.2. The molecule has 0 fully saturated rings. The molecule has 0 aromatic heterocycles. The van der Waals surface area contributed by atoms with E-state index < -0.39 is 17.7 Å². The van der Waals surface area contributed by atoms with E-state index in [4.69, 9.17) is 9.84 Å². The van der Waals surface area contributed by atoms with E-state index in [0.717, 1.165) is 0 Å². The number of nitrogens with zero attached hydrogens (tertiary/aromatic N) is 1. The van der Waals surface area contributed by atoms with Crippen molar-refractivity contribution in [2.45, 2.75) is 13.8 Å². The first-order chi connectivity index (χ1) is 9.84. The third kappa shape index (κ3) is 4.59. The van der Waals surface area contributed by atoms with E-state index in [1.54, 1.807) is 12.1 Å². The van der Waals surface area contributed by atoms with Crippen molar-refractivity contribution < 1.29 is 23.8 Å². The quantitative estimate of drug-likeness (QED) is 0.816. The predicted octanol–water partition coefficient (Wildman–Crippen LogP) is 2.08. The van der Waals surface area contributed by atoms with Gasteiger partial charge in [-0.2, -0.15) is 0 Å². The molecule has 0 saturated carbocycles. The van der Waals surface area contributed by atoms with Gasteiger partial charge in [0, 0.05) is 18.2 Å². The Bertz CT molecular complexity index is 569. The molecule has 21 heavy (non-hydrogen) atoms. The third-order valence-electron chi connectivity index (χ3n) is 3.07. The van der Waals surface area contributed by atoms with E-state index in [1.165, 1.54) is 37.9 Å². The van der Waals surface area contributed by atoms with Crippen molar-refractivity contribution in [3.8, 4) is 5.75 Å². The van der Waals surface area contributed by atoms with Crippen LogP contribution in [-0.4, -0.2) is 42.1 Å². The van der Waals surface area contributed by atoms with Crippen molar-refractivity contribution in [2.24, 2.45) is 0 Å². The van der Waals surface area contributed by atoms with Crippen molar-refractivity contribution in [3.63, 3.8) is 0 Å². The molecule has 114 valence electrons. The van der Waals surface area contributed by atoms with Crippen LogP contribution in [0.3, 0.4) is 0 Å². The summed E-state index contributed by atoms with van der Waals surface area (Å²) in [4.78, 5) is 24.1. The van der Waals surface area contributed by atoms with Crippen LogP contribution in [0, 0.1) is 5.82 Å². The molecule has 1 amide bonds. The van der Waals surface area contributed by atoms with E-state index in [1.807, 2.05) is 0 Å². The highest BCUT2D eigenvalue weighted by Gasteiger charge is 2.16. The minimum atomic E-state index is -1.13. The summed E-state index contributed by atoms with van der Waals surface area (Å²) in [7, 11) is 1.53. The molecular weight excluding hydrogens is 277 g/mol. The number of likely N-dealkylation sites (N-methyl/N-ethyl adjacent to an activating group) is 1. The summed E-state index contributed by atoms with van der Waals surface area (Å²) in [5.74, 6) is -1.87. The van der Waals surface area contributed by atoms with Crippen LogP contribution in [0.2, 0.25) is 0 Å². The molecule has 0 radical (unpaired) electrons. The molecule has 1 aromatic carbocycles. The van der Waals surface area contributed by atoms with Crippen molar-refractivity contribution >= 4 is 11.9 Å². The largest absolute Gasteiger partial charge is 0.489 e. The Morgan fingerprint density at radius 2 is 1.86 bits per heavy atom. The summed E-state index contributed by atoms with van der Waals surface area (Å²) in [6.07, 6.45) is 0. The number of carbonyl (C=O) groups is 2. The lowest BCUT2D eigenvalue weighted by atomic mass is 10.1. The van der Waals surface area contributed by atoms with Crippen molar-refractivity contribution in [3.05, 3.63) is 41.2 Å². The topological polar surface area (TPSA) is 66.8 Å². The maximum Gasteiger partial charge on any atom is 0.331 e. The van der Waals surface area contributed by atoms with Crippen LogP contribution in [-0.2, 0) is 9.59 Å². The highest BCUT2D eigenvalue weighted by Crippen LogP contribution is 2.15. The van der Waals surface area contributed by atoms with Gasteiger partial charge < -0.3 is 14.7 Å². The molecule has 0 unspecified atom stereocenters. The molecule has 0 heterocycles. The normalized spacial score (nSPS) is 11.6. The number of rotatable bonds is 6. The van der Waals surface area contributed by atoms with E-state index in [2.05, 4.69) is 0 Å². The molecule has 1 rings (SSSR count). The Hall–Kier alpha value is -2.37. The first kappa shape index (κ1) is 16.7. The average Bonchev–Trinajstić information content (AvgIpc) is 2.46. The zero-order valence-electron chi connectivity index (χ0n) is 12.2. The molecular formula is C15H18FNO4. The monoisotopic (exact) mass is 295 g/mol. The number of hydrogen-bond donors (Lipinski definition) is 1. The lowest BCUT2D eigenvalue weighted by molar-refractivity contribution is -0.133. The number of aliphatic carboxylic acids is 1. The number of amides is 1. The van der Waals surface area contributed by atoms with E-state index >= 15 is 0 Å². The fourth-order valence-electron chi connectivity index (χ4n) is 1.56. The molecule has 6 heteroatoms. The highest BCUT2D eigenvalue weighted by atomic mass is 19.1. The SMILES string of the molecule is CC(C(=O)O)=C(C)C(=O)N(C)CCOc1ccccc1F. The zero-order chi connectivity index (χ0) is 16.0. The number of carboxylic acid groups (broad SMARTS) is 1. The fourth-order valence-corrected chi connectivity index (χ4v) is 1.56. The second kappa shape index (κ2) is 7.42. The number of para-hydroxylation sites is 1. The van der Waals surface area contributed by atoms with Crippen molar-refractivity contribution in [1.82, 2.24) is 4.90 Å². The Morgan fingerprint density at radius 1 is 1.24 bits per heavy atom. The summed E-state index contributed by atoms with van der Waals surface area (Å²) in [6, 6.07) is 5.99. The smallest absolute Gasteiger partial charge is 0.331 e. The van der Waals surface area contributed by atoms with E-state index in [0.29, 0.717) is 0 Å². The molecule has 0 aliphatic heterocycles. The summed E-state index contributed by atoms with van der Waals surface area (Å²) < 4.78 is 18.6. The molecule has 5 nitrogen and oxygen atoms in total. The molecule has 0 aliphatic carbocycles. The number of ether oxygens (including phenoxy) is 1. The molecule has 0 spiro atoms. The minimum absolute atomic E-state index is 0.00173. The highest BCUT2D eigenvalue weighted by molar-refractivity contribution is 6.01. The minimum Gasteiger partial charge on any atom is -0.489 e. The molecule has 0 atom stereocenters. The van der Waals surface area contributed by atoms with Gasteiger partial charge in [-0.15, -0.1) is 0 Å². The number of hydrogen-bond acceptors (Lipinski definition) is 3. The standard InChI is InChI=1S/C15H18FNO4/c1-10(11(2)15(19)20)14(18)17(3)8-9-21-13-7-5-4-6-12(13)16/h4-7H,8-9H2,1-3H3,(H,19,20). The number of carbonyl (C=O) groups excluding carboxylic acids is 1. The summed E-state index contributed by atoms with van der Waals surface area (Å²) >= 11 is 0. The van der Waals surface area contributed by atoms with Gasteiger partial charge in [0.25, 0.3) is 0 Å². The predicted molar refractivity (Wildman–Crippen MR) is 75.5 cm³/mol. The second-order valence-electron chi connectivity index (χ2n) is 4.56. The van der Waals surface area contributed by atoms with Crippen LogP contribution in [0.4, 0.5) is 4.39 Å². The summed E-state index contributed by atoms with van der Waals surface area (Å²) in [5.41, 5.74) is 0.165. The second-order valence-corrected chi connectivity index (χ2v) is 4.56. The van der Waals surface area contributed by atoms with Crippen LogP contribution >= 0.6 is 0 Å². The van der Waals surface area contributed by atoms with Gasteiger partial charge in [-0.3, -0.25) is 4.79 Å². The molecule has 0 aliphatic rings. The van der Waals surface area contributed by atoms with Gasteiger partial charge >= 0.3 is 5.97 Å². The Morgan fingerprint density at radius 3 is 2.43 bits per heavy atom. The summed E-state index contributed by atoms with van der Waals surface area (Å²) in [6.45, 7) is 3.17. The van der Waals surface area contributed by atoms with Gasteiger partial charge in [0.1, 0.15) is 6.61 Å². The Kier molecular flexibility index (Phi) is 5.90. The Labute approximate surface area is 122 Å². The Balaban J connectivity index is 2.56. The first-order valence-electron chi connectivity index (χ1n) is 6.38. The van der Waals surface area contributed by atoms with E-state index in [-0.39, 0.29) is 30.0 Å². The number of halogens is 1. The average molecular weight is 295 g/mol. The lowest BCUT2D eigenvalue weighted by Crippen LogP contribution is -2.32. The maximum absolute atomic E-state index is 13.3. The third-order valence-corrected chi connectivity index (χ3v) is 3.07. The van der Waals surface area contributed by atoms with E-state index in [9.17, 15) is 14.0 Å². The molecule has 0 bridgehead atoms. The maximum atomic E-state index is 13.3. The first-order valence-corrected chi connectivity index (χ1v) is 6.38. The molecule has 1 N–H and O–H groups in total. The molecule has 0 saturated heterocycles. The van der Waals surface area contributed by atoms with Crippen LogP contribution in [0.1, 0.15) is 13.8 Å². The van der Waals surface area contributed by atoms with Gasteiger partial charge in [-0.05, 0) is 26.0 Å². The van der Waals surface area contributed by atoms with Gasteiger partial charge in [-0.1, -0.05) is 12.1 Å². The van der Waals surface area contributed by atoms with Crippen molar-refractivity contribution in [2.75, 3.05) is 20.2 Å². The molecule has 1 aromatic rings. The van der Waals surface area contributed by atoms with Crippen LogP contribution in [0.5, 0.6) is 5.75 Å². The van der Waals surface area contributed by atoms with Gasteiger partial charge in [0.2, 0.25) is 5.91 Å². The number of carboxylic acids is 1. The van der Waals surface area contributed by atoms with Gasteiger partial charge in [-0.25, -0.2) is 9.18 Å². The fraction of sp³-hybridized carbons (Fsp3) is 0.333. The van der Waals surface area contributed by atoms with Crippen LogP contribution in [0.25, 0.3) is 0 Å². The van der Waals surface area contributed by atoms with Gasteiger partial charge in [0.05, 0.1) is 6.54 Å². The van der Waals surface area contributed by atoms with Crippen LogP contribution < -0.4 is 4.74 Å². The van der Waals surface area contributed by atoms with Gasteiger partial charge in [0.15, 0.2) is 11.6 Å². The summed E-state index contributed by atoms with van der Waals surface area (Å²) in [5, 5.41) is 8.84. The number of benzene rings is 1. The van der Waals surface area contributed by atoms with Crippen LogP contribution in [0.15, 0.2) is 35.4 Å².